The zero-order chi connectivity index (χ0) is 10.8. The molecule has 4 heteroatoms. The Hall–Kier alpha value is -1.13. The van der Waals surface area contributed by atoms with Crippen molar-refractivity contribution in [2.24, 2.45) is 5.90 Å². The number of ether oxygens (including phenoxy) is 1. The van der Waals surface area contributed by atoms with Gasteiger partial charge in [0.25, 0.3) is 0 Å². The number of nitrogens with zero attached hydrogens (tertiary/aromatic N) is 1. The van der Waals surface area contributed by atoms with Gasteiger partial charge in [-0.05, 0) is 32.4 Å². The van der Waals surface area contributed by atoms with Gasteiger partial charge in [-0.1, -0.05) is 0 Å². The molecule has 1 rings (SSSR count). The van der Waals surface area contributed by atoms with Gasteiger partial charge in [0.05, 0.1) is 7.11 Å². The molecule has 0 saturated carbocycles. The Morgan fingerprint density at radius 2 is 2.00 bits per heavy atom. The maximum Gasteiger partial charge on any atom is 0.213 e. The van der Waals surface area contributed by atoms with Gasteiger partial charge in [-0.25, -0.2) is 10.9 Å². The summed E-state index contributed by atoms with van der Waals surface area (Å²) >= 11 is 0. The van der Waals surface area contributed by atoms with Crippen LogP contribution in [0.15, 0.2) is 12.1 Å². The zero-order valence-corrected chi connectivity index (χ0v) is 9.00. The van der Waals surface area contributed by atoms with E-state index >= 15 is 0 Å². The number of hydrogen-bond acceptors (Lipinski definition) is 4. The highest BCUT2D eigenvalue weighted by atomic mass is 16.6. The second-order valence-electron chi connectivity index (χ2n) is 3.67. The number of pyridine rings is 1. The molecule has 4 nitrogen and oxygen atoms in total. The molecule has 0 radical (unpaired) electrons. The fourth-order valence-corrected chi connectivity index (χ4v) is 1.16. The third-order valence-electron chi connectivity index (χ3n) is 2.13. The number of methoxy groups -OCH3 is 1. The van der Waals surface area contributed by atoms with E-state index in [9.17, 15) is 0 Å². The monoisotopic (exact) mass is 196 g/mol. The second kappa shape index (κ2) is 3.94. The molecule has 0 atom stereocenters. The van der Waals surface area contributed by atoms with Crippen molar-refractivity contribution in [2.75, 3.05) is 7.11 Å². The molecule has 0 fully saturated rings. The van der Waals surface area contributed by atoms with Gasteiger partial charge < -0.3 is 4.74 Å². The Balaban J connectivity index is 3.15. The average molecular weight is 196 g/mol. The molecule has 0 bridgehead atoms. The highest BCUT2D eigenvalue weighted by Gasteiger charge is 2.21. The molecule has 0 unspecified atom stereocenters. The summed E-state index contributed by atoms with van der Waals surface area (Å²) in [5.74, 6) is 5.79. The number of aromatic nitrogens is 1. The van der Waals surface area contributed by atoms with Crippen molar-refractivity contribution in [3.63, 3.8) is 0 Å². The van der Waals surface area contributed by atoms with Crippen molar-refractivity contribution in [1.82, 2.24) is 4.98 Å². The minimum atomic E-state index is -0.527. The molecule has 0 aromatic carbocycles. The predicted octanol–water partition coefficient (Wildman–Crippen LogP) is 1.52. The summed E-state index contributed by atoms with van der Waals surface area (Å²) in [6.07, 6.45) is 0. The summed E-state index contributed by atoms with van der Waals surface area (Å²) in [5.41, 5.74) is 1.30. The molecule has 0 aliphatic rings. The van der Waals surface area contributed by atoms with E-state index < -0.39 is 5.60 Å². The van der Waals surface area contributed by atoms with E-state index in [1.807, 2.05) is 32.9 Å². The first-order valence-electron chi connectivity index (χ1n) is 4.40. The Morgan fingerprint density at radius 3 is 2.50 bits per heavy atom. The minimum Gasteiger partial charge on any atom is -0.481 e. The highest BCUT2D eigenvalue weighted by molar-refractivity contribution is 5.28. The van der Waals surface area contributed by atoms with Gasteiger partial charge in [-0.3, -0.25) is 4.84 Å². The lowest BCUT2D eigenvalue weighted by Crippen LogP contribution is -2.25. The van der Waals surface area contributed by atoms with Gasteiger partial charge in [0.2, 0.25) is 5.88 Å². The van der Waals surface area contributed by atoms with Crippen molar-refractivity contribution in [3.8, 4) is 5.88 Å². The molecule has 14 heavy (non-hydrogen) atoms. The molecular formula is C10H16N2O2. The van der Waals surface area contributed by atoms with E-state index in [1.165, 1.54) is 0 Å². The third-order valence-corrected chi connectivity index (χ3v) is 2.13. The van der Waals surface area contributed by atoms with E-state index in [2.05, 4.69) is 4.98 Å². The van der Waals surface area contributed by atoms with E-state index in [0.717, 1.165) is 11.3 Å². The van der Waals surface area contributed by atoms with Crippen LogP contribution in [0.4, 0.5) is 0 Å². The SMILES string of the molecule is COc1cc(C(C)(C)ON)cc(C)n1. The van der Waals surface area contributed by atoms with Crippen LogP contribution in [0.1, 0.15) is 25.1 Å². The topological polar surface area (TPSA) is 57.4 Å². The van der Waals surface area contributed by atoms with Gasteiger partial charge in [0.1, 0.15) is 5.60 Å². The van der Waals surface area contributed by atoms with Crippen molar-refractivity contribution >= 4 is 0 Å². The lowest BCUT2D eigenvalue weighted by molar-refractivity contribution is -0.0238. The Labute approximate surface area is 84.0 Å². The zero-order valence-electron chi connectivity index (χ0n) is 9.00. The molecule has 78 valence electrons. The summed E-state index contributed by atoms with van der Waals surface area (Å²) in [4.78, 5) is 9.08. The van der Waals surface area contributed by atoms with Gasteiger partial charge >= 0.3 is 0 Å². The molecule has 0 aliphatic heterocycles. The second-order valence-corrected chi connectivity index (χ2v) is 3.67. The number of aryl methyl sites for hydroxylation is 1. The number of hydrogen-bond donors (Lipinski definition) is 1. The first-order chi connectivity index (χ1) is 6.49. The van der Waals surface area contributed by atoms with Gasteiger partial charge in [-0.15, -0.1) is 0 Å². The smallest absolute Gasteiger partial charge is 0.213 e. The molecular weight excluding hydrogens is 180 g/mol. The van der Waals surface area contributed by atoms with Gasteiger partial charge in [0.15, 0.2) is 0 Å². The van der Waals surface area contributed by atoms with Crippen LogP contribution in [0.3, 0.4) is 0 Å². The highest BCUT2D eigenvalue weighted by Crippen LogP contribution is 2.25. The molecule has 0 aliphatic carbocycles. The van der Waals surface area contributed by atoms with E-state index in [1.54, 1.807) is 7.11 Å². The normalized spacial score (nSPS) is 11.5. The fourth-order valence-electron chi connectivity index (χ4n) is 1.16. The van der Waals surface area contributed by atoms with Crippen LogP contribution < -0.4 is 10.6 Å². The van der Waals surface area contributed by atoms with Gasteiger partial charge in [-0.2, -0.15) is 0 Å². The van der Waals surface area contributed by atoms with E-state index in [4.69, 9.17) is 15.5 Å². The minimum absolute atomic E-state index is 0.527. The quantitative estimate of drug-likeness (QED) is 0.745. The summed E-state index contributed by atoms with van der Waals surface area (Å²) in [5, 5.41) is 0. The maximum absolute atomic E-state index is 5.22. The molecule has 1 aromatic heterocycles. The molecule has 0 amide bonds. The largest absolute Gasteiger partial charge is 0.481 e. The van der Waals surface area contributed by atoms with Crippen molar-refractivity contribution in [1.29, 1.82) is 0 Å². The summed E-state index contributed by atoms with van der Waals surface area (Å²) in [6, 6.07) is 3.75. The predicted molar refractivity (Wildman–Crippen MR) is 53.8 cm³/mol. The van der Waals surface area contributed by atoms with Crippen molar-refractivity contribution in [2.45, 2.75) is 26.4 Å². The molecule has 0 spiro atoms. The van der Waals surface area contributed by atoms with Crippen LogP contribution in [-0.4, -0.2) is 12.1 Å². The van der Waals surface area contributed by atoms with Crippen molar-refractivity contribution < 1.29 is 9.57 Å². The average Bonchev–Trinajstić information content (AvgIpc) is 2.16. The van der Waals surface area contributed by atoms with E-state index in [-0.39, 0.29) is 0 Å². The van der Waals surface area contributed by atoms with Crippen LogP contribution in [0.25, 0.3) is 0 Å². The maximum atomic E-state index is 5.22. The van der Waals surface area contributed by atoms with Crippen molar-refractivity contribution in [3.05, 3.63) is 23.4 Å². The number of rotatable bonds is 3. The first-order valence-corrected chi connectivity index (χ1v) is 4.40. The Kier molecular flexibility index (Phi) is 3.08. The number of nitrogens with two attached hydrogens (primary N) is 1. The standard InChI is InChI=1S/C10H16N2O2/c1-7-5-8(10(2,3)14-11)6-9(12-7)13-4/h5-6H,11H2,1-4H3. The fraction of sp³-hybridized carbons (Fsp3) is 0.500. The van der Waals surface area contributed by atoms with Crippen LogP contribution >= 0.6 is 0 Å². The summed E-state index contributed by atoms with van der Waals surface area (Å²) < 4.78 is 5.07. The van der Waals surface area contributed by atoms with E-state index in [0.29, 0.717) is 5.88 Å². The molecule has 0 saturated heterocycles. The molecule has 2 N–H and O–H groups in total. The van der Waals surface area contributed by atoms with Crippen LogP contribution in [0, 0.1) is 6.92 Å². The molecule has 1 aromatic rings. The lowest BCUT2D eigenvalue weighted by Gasteiger charge is -2.22. The Bertz CT molecular complexity index is 324. The van der Waals surface area contributed by atoms with Crippen LogP contribution in [0.2, 0.25) is 0 Å². The van der Waals surface area contributed by atoms with Crippen LogP contribution in [-0.2, 0) is 10.4 Å². The summed E-state index contributed by atoms with van der Waals surface area (Å²) in [6.45, 7) is 5.68. The van der Waals surface area contributed by atoms with Gasteiger partial charge in [0, 0.05) is 11.8 Å². The van der Waals surface area contributed by atoms with Crippen LogP contribution in [0.5, 0.6) is 5.88 Å². The third kappa shape index (κ3) is 2.21. The first kappa shape index (κ1) is 10.9. The summed E-state index contributed by atoms with van der Waals surface area (Å²) in [7, 11) is 1.59. The molecule has 1 heterocycles. The Morgan fingerprint density at radius 1 is 1.36 bits per heavy atom. The lowest BCUT2D eigenvalue weighted by atomic mass is 9.99.